The normalized spacial score (nSPS) is 7.86. The minimum atomic E-state index is 0. The fourth-order valence-corrected chi connectivity index (χ4v) is 1.29. The van der Waals surface area contributed by atoms with Crippen molar-refractivity contribution in [1.29, 1.82) is 0 Å². The van der Waals surface area contributed by atoms with Crippen LogP contribution in [-0.4, -0.2) is 17.8 Å². The van der Waals surface area contributed by atoms with Gasteiger partial charge in [-0.1, -0.05) is 12.0 Å². The highest BCUT2D eigenvalue weighted by Gasteiger charge is 2.08. The molecule has 22 heavy (non-hydrogen) atoms. The molecule has 0 spiro atoms. The second-order valence-corrected chi connectivity index (χ2v) is 4.97. The maximum Gasteiger partial charge on any atom is 0.122 e. The van der Waals surface area contributed by atoms with E-state index in [1.807, 2.05) is 24.3 Å². The summed E-state index contributed by atoms with van der Waals surface area (Å²) >= 11 is 0. The molecule has 1 aromatic carbocycles. The summed E-state index contributed by atoms with van der Waals surface area (Å²) in [5.41, 5.74) is 1.18. The minimum absolute atomic E-state index is 0. The van der Waals surface area contributed by atoms with Crippen molar-refractivity contribution in [3.8, 4) is 41.5 Å². The van der Waals surface area contributed by atoms with Crippen LogP contribution >= 0.6 is 0 Å². The van der Waals surface area contributed by atoms with Gasteiger partial charge in [-0.3, -0.25) is 0 Å². The highest BCUT2D eigenvalue weighted by molar-refractivity contribution is 5.49. The Bertz CT molecular complexity index is 588. The lowest BCUT2D eigenvalue weighted by atomic mass is 10.1. The number of nitrogens with one attached hydrogen (secondary N) is 1. The summed E-state index contributed by atoms with van der Waals surface area (Å²) in [6.45, 7) is 8.08. The van der Waals surface area contributed by atoms with Crippen LogP contribution in [0.1, 0.15) is 27.7 Å². The van der Waals surface area contributed by atoms with E-state index in [2.05, 4.69) is 55.7 Å². The first-order valence-corrected chi connectivity index (χ1v) is 6.41. The number of aliphatic hydroxyl groups excluding tert-OH is 1. The van der Waals surface area contributed by atoms with E-state index in [0.29, 0.717) is 0 Å². The maximum absolute atomic E-state index is 7.85. The second kappa shape index (κ2) is 12.0. The highest BCUT2D eigenvalue weighted by atomic mass is 16.5. The van der Waals surface area contributed by atoms with Crippen LogP contribution in [0.4, 0.5) is 5.69 Å². The van der Waals surface area contributed by atoms with E-state index in [1.165, 1.54) is 0 Å². The summed E-state index contributed by atoms with van der Waals surface area (Å²) in [6.07, 6.45) is 1.64. The number of hydrogen-bond donors (Lipinski definition) is 3. The van der Waals surface area contributed by atoms with Gasteiger partial charge in [-0.05, 0) is 51.7 Å². The van der Waals surface area contributed by atoms with Crippen molar-refractivity contribution in [3.63, 3.8) is 0 Å². The summed E-state index contributed by atoms with van der Waals surface area (Å²) in [7, 11) is 1.68. The van der Waals surface area contributed by atoms with Gasteiger partial charge in [0.2, 0.25) is 0 Å². The molecule has 0 fully saturated rings. The Morgan fingerprint density at radius 3 is 2.23 bits per heavy atom. The van der Waals surface area contributed by atoms with Gasteiger partial charge in [0.25, 0.3) is 0 Å². The average Bonchev–Trinajstić information content (AvgIpc) is 2.43. The molecule has 0 heterocycles. The summed E-state index contributed by atoms with van der Waals surface area (Å²) in [4.78, 5) is 0. The molecule has 0 aliphatic carbocycles. The van der Waals surface area contributed by atoms with Crippen LogP contribution in [0.5, 0.6) is 5.75 Å². The standard InChI is InChI=1S/C11H17NO.C7H4O.H3N/c1-11(2,3)12-9-6-5-7-10(8-9)13-4;1-2-3-4-5-6-7-8;/h5-8,12H,1-4H3;8H,1H3;1H3. The minimum Gasteiger partial charge on any atom is -0.497 e. The molecular weight excluding hydrogens is 276 g/mol. The molecule has 118 valence electrons. The maximum atomic E-state index is 7.85. The Balaban J connectivity index is 0. The van der Waals surface area contributed by atoms with Gasteiger partial charge in [0, 0.05) is 29.1 Å². The van der Waals surface area contributed by atoms with Crippen molar-refractivity contribution in [2.75, 3.05) is 12.4 Å². The number of rotatable bonds is 2. The van der Waals surface area contributed by atoms with Crippen molar-refractivity contribution < 1.29 is 9.84 Å². The summed E-state index contributed by atoms with van der Waals surface area (Å²) in [6, 6.07) is 7.94. The lowest BCUT2D eigenvalue weighted by Crippen LogP contribution is -2.25. The summed E-state index contributed by atoms with van der Waals surface area (Å²) < 4.78 is 5.13. The molecule has 0 saturated heterocycles. The Kier molecular flexibility index (Phi) is 11.8. The molecule has 1 aromatic rings. The fraction of sp³-hybridized carbons (Fsp3) is 0.333. The van der Waals surface area contributed by atoms with Crippen molar-refractivity contribution in [2.24, 2.45) is 0 Å². The van der Waals surface area contributed by atoms with E-state index >= 15 is 0 Å². The van der Waals surface area contributed by atoms with E-state index in [1.54, 1.807) is 20.1 Å². The molecule has 0 aromatic heterocycles. The SMILES string of the molecule is CC#CC#CC#CO.COc1cccc(NC(C)(C)C)c1.N. The van der Waals surface area contributed by atoms with Gasteiger partial charge in [-0.15, -0.1) is 0 Å². The van der Waals surface area contributed by atoms with Crippen molar-refractivity contribution in [3.05, 3.63) is 24.3 Å². The Hall–Kier alpha value is -2.74. The van der Waals surface area contributed by atoms with Gasteiger partial charge in [0.15, 0.2) is 0 Å². The number of ether oxygens (including phenoxy) is 1. The zero-order chi connectivity index (χ0) is 16.1. The molecular formula is C18H24N2O2. The van der Waals surface area contributed by atoms with E-state index in [0.717, 1.165) is 11.4 Å². The number of anilines is 1. The quantitative estimate of drug-likeness (QED) is 0.731. The zero-order valence-electron chi connectivity index (χ0n) is 13.9. The average molecular weight is 300 g/mol. The summed E-state index contributed by atoms with van der Waals surface area (Å²) in [5, 5.41) is 11.2. The third-order valence-corrected chi connectivity index (χ3v) is 1.96. The van der Waals surface area contributed by atoms with Gasteiger partial charge in [0.05, 0.1) is 7.11 Å². The first-order chi connectivity index (χ1) is 9.92. The van der Waals surface area contributed by atoms with Crippen LogP contribution in [0.15, 0.2) is 24.3 Å². The number of methoxy groups -OCH3 is 1. The van der Waals surface area contributed by atoms with Crippen LogP contribution in [0.3, 0.4) is 0 Å². The lowest BCUT2D eigenvalue weighted by Gasteiger charge is -2.22. The lowest BCUT2D eigenvalue weighted by molar-refractivity contribution is 0.415. The first kappa shape index (κ1) is 21.6. The molecule has 0 atom stereocenters. The van der Waals surface area contributed by atoms with Gasteiger partial charge in [-0.2, -0.15) is 0 Å². The number of benzene rings is 1. The first-order valence-electron chi connectivity index (χ1n) is 6.41. The van der Waals surface area contributed by atoms with E-state index in [-0.39, 0.29) is 11.7 Å². The molecule has 4 nitrogen and oxygen atoms in total. The molecule has 0 saturated carbocycles. The molecule has 0 amide bonds. The molecule has 0 radical (unpaired) electrons. The highest BCUT2D eigenvalue weighted by Crippen LogP contribution is 2.19. The number of hydrogen-bond acceptors (Lipinski definition) is 4. The van der Waals surface area contributed by atoms with E-state index in [9.17, 15) is 0 Å². The third-order valence-electron chi connectivity index (χ3n) is 1.96. The van der Waals surface area contributed by atoms with Crippen molar-refractivity contribution in [2.45, 2.75) is 33.2 Å². The van der Waals surface area contributed by atoms with E-state index < -0.39 is 0 Å². The van der Waals surface area contributed by atoms with Crippen LogP contribution in [0.25, 0.3) is 0 Å². The van der Waals surface area contributed by atoms with Crippen LogP contribution in [0, 0.1) is 35.7 Å². The molecule has 0 aliphatic rings. The number of aliphatic hydroxyl groups is 1. The topological polar surface area (TPSA) is 76.5 Å². The van der Waals surface area contributed by atoms with Crippen LogP contribution in [-0.2, 0) is 0 Å². The molecule has 0 unspecified atom stereocenters. The smallest absolute Gasteiger partial charge is 0.122 e. The molecule has 0 aliphatic heterocycles. The Morgan fingerprint density at radius 1 is 1.09 bits per heavy atom. The zero-order valence-corrected chi connectivity index (χ0v) is 13.9. The Morgan fingerprint density at radius 2 is 1.73 bits per heavy atom. The predicted molar refractivity (Wildman–Crippen MR) is 92.3 cm³/mol. The van der Waals surface area contributed by atoms with Crippen molar-refractivity contribution in [1.82, 2.24) is 6.15 Å². The molecule has 4 heteroatoms. The predicted octanol–water partition coefficient (Wildman–Crippen LogP) is 3.41. The third kappa shape index (κ3) is 12.3. The monoisotopic (exact) mass is 300 g/mol. The second-order valence-electron chi connectivity index (χ2n) is 4.97. The van der Waals surface area contributed by atoms with E-state index in [4.69, 9.17) is 9.84 Å². The van der Waals surface area contributed by atoms with Crippen molar-refractivity contribution >= 4 is 5.69 Å². The fourth-order valence-electron chi connectivity index (χ4n) is 1.29. The molecule has 5 N–H and O–H groups in total. The molecule has 1 rings (SSSR count). The summed E-state index contributed by atoms with van der Waals surface area (Å²) in [5.74, 6) is 12.7. The van der Waals surface area contributed by atoms with Gasteiger partial charge in [-0.25, -0.2) is 0 Å². The van der Waals surface area contributed by atoms with Gasteiger partial charge in [0.1, 0.15) is 11.9 Å². The van der Waals surface area contributed by atoms with Gasteiger partial charge < -0.3 is 21.3 Å². The van der Waals surface area contributed by atoms with Crippen LogP contribution in [0.2, 0.25) is 0 Å². The van der Waals surface area contributed by atoms with Gasteiger partial charge >= 0.3 is 0 Å². The Labute approximate surface area is 133 Å². The molecule has 0 bridgehead atoms. The largest absolute Gasteiger partial charge is 0.497 e. The van der Waals surface area contributed by atoms with Crippen LogP contribution < -0.4 is 16.2 Å².